The third-order valence-electron chi connectivity index (χ3n) is 4.45. The number of thiazole rings is 1. The van der Waals surface area contributed by atoms with Crippen LogP contribution in [0.15, 0.2) is 53.6 Å². The van der Waals surface area contributed by atoms with Crippen molar-refractivity contribution < 1.29 is 4.74 Å². The molecule has 0 bridgehead atoms. The van der Waals surface area contributed by atoms with Crippen molar-refractivity contribution in [1.29, 1.82) is 5.26 Å². The van der Waals surface area contributed by atoms with Crippen molar-refractivity contribution in [3.05, 3.63) is 80.3 Å². The van der Waals surface area contributed by atoms with Gasteiger partial charge in [-0.25, -0.2) is 4.98 Å². The van der Waals surface area contributed by atoms with Crippen LogP contribution in [0.4, 0.5) is 5.13 Å². The number of nitriles is 1. The van der Waals surface area contributed by atoms with Gasteiger partial charge in [-0.15, -0.1) is 0 Å². The first kappa shape index (κ1) is 19.9. The highest BCUT2D eigenvalue weighted by atomic mass is 35.5. The van der Waals surface area contributed by atoms with E-state index < -0.39 is 0 Å². The summed E-state index contributed by atoms with van der Waals surface area (Å²) in [4.78, 5) is 24.4. The Labute approximate surface area is 181 Å². The molecule has 0 saturated heterocycles. The molecule has 0 aliphatic rings. The van der Waals surface area contributed by atoms with Crippen LogP contribution in [0.1, 0.15) is 29.1 Å². The minimum absolute atomic E-state index is 0.224. The van der Waals surface area contributed by atoms with E-state index in [1.807, 2.05) is 31.2 Å². The Bertz CT molecular complexity index is 1300. The average molecular weight is 438 g/mol. The van der Waals surface area contributed by atoms with Crippen LogP contribution in [0.5, 0.6) is 5.75 Å². The number of aromatic nitrogens is 3. The fourth-order valence-corrected chi connectivity index (χ4v) is 3.87. The van der Waals surface area contributed by atoms with Crippen LogP contribution in [-0.4, -0.2) is 15.0 Å². The summed E-state index contributed by atoms with van der Waals surface area (Å²) in [5.74, 6) is 0.469. The molecule has 1 atom stereocenters. The Balaban J connectivity index is 1.58. The molecule has 4 aromatic rings. The SMILES string of the molecule is C[C@H](Nc1ncc(C#N)s1)c1cc2cc(Cl)c(OCc3ccccn3)cc2[nH]c1=O. The van der Waals surface area contributed by atoms with E-state index in [1.54, 1.807) is 24.4 Å². The average Bonchev–Trinajstić information content (AvgIpc) is 3.20. The van der Waals surface area contributed by atoms with E-state index in [2.05, 4.69) is 20.3 Å². The molecule has 2 N–H and O–H groups in total. The van der Waals surface area contributed by atoms with Crippen molar-refractivity contribution in [1.82, 2.24) is 15.0 Å². The fraction of sp³-hybridized carbons (Fsp3) is 0.143. The Morgan fingerprint density at radius 2 is 2.20 bits per heavy atom. The third kappa shape index (κ3) is 4.27. The predicted molar refractivity (Wildman–Crippen MR) is 117 cm³/mol. The summed E-state index contributed by atoms with van der Waals surface area (Å²) in [7, 11) is 0. The molecule has 1 aromatic carbocycles. The van der Waals surface area contributed by atoms with Crippen molar-refractivity contribution in [2.24, 2.45) is 0 Å². The molecule has 0 radical (unpaired) electrons. The molecular formula is C21H16ClN5O2S. The normalized spacial score (nSPS) is 11.8. The van der Waals surface area contributed by atoms with Crippen molar-refractivity contribution in [3.8, 4) is 11.8 Å². The standard InChI is InChI=1S/C21H16ClN5O2S/c1-12(26-21-25-10-15(9-23)30-21)16-6-13-7-17(22)19(8-18(13)27-20(16)28)29-11-14-4-2-3-5-24-14/h2-8,10,12H,11H2,1H3,(H,25,26)(H,27,28)/t12-/m0/s1. The molecule has 150 valence electrons. The first-order valence-electron chi connectivity index (χ1n) is 9.05. The van der Waals surface area contributed by atoms with E-state index in [0.717, 1.165) is 11.1 Å². The van der Waals surface area contributed by atoms with E-state index in [1.165, 1.54) is 17.5 Å². The largest absolute Gasteiger partial charge is 0.486 e. The van der Waals surface area contributed by atoms with Crippen LogP contribution >= 0.6 is 22.9 Å². The van der Waals surface area contributed by atoms with Gasteiger partial charge in [0.25, 0.3) is 5.56 Å². The van der Waals surface area contributed by atoms with Crippen LogP contribution in [0, 0.1) is 11.3 Å². The molecule has 4 rings (SSSR count). The molecule has 0 aliphatic heterocycles. The van der Waals surface area contributed by atoms with Crippen LogP contribution in [0.25, 0.3) is 10.9 Å². The topological polar surface area (TPSA) is 104 Å². The highest BCUT2D eigenvalue weighted by molar-refractivity contribution is 7.16. The molecular weight excluding hydrogens is 422 g/mol. The minimum atomic E-state index is -0.310. The summed E-state index contributed by atoms with van der Waals surface area (Å²) in [6.45, 7) is 2.13. The summed E-state index contributed by atoms with van der Waals surface area (Å²) in [6.07, 6.45) is 3.19. The van der Waals surface area contributed by atoms with Crippen molar-refractivity contribution in [3.63, 3.8) is 0 Å². The highest BCUT2D eigenvalue weighted by Gasteiger charge is 2.15. The predicted octanol–water partition coefficient (Wildman–Crippen LogP) is 4.66. The lowest BCUT2D eigenvalue weighted by atomic mass is 10.1. The zero-order valence-corrected chi connectivity index (χ0v) is 17.4. The molecule has 0 saturated carbocycles. The summed E-state index contributed by atoms with van der Waals surface area (Å²) >= 11 is 7.63. The molecule has 7 nitrogen and oxygen atoms in total. The molecule has 0 amide bonds. The number of anilines is 1. The van der Waals surface area contributed by atoms with Gasteiger partial charge >= 0.3 is 0 Å². The summed E-state index contributed by atoms with van der Waals surface area (Å²) in [6, 6.07) is 12.6. The number of hydrogen-bond donors (Lipinski definition) is 2. The van der Waals surface area contributed by atoms with Gasteiger partial charge in [0.1, 0.15) is 23.3 Å². The number of pyridine rings is 2. The van der Waals surface area contributed by atoms with E-state index >= 15 is 0 Å². The van der Waals surface area contributed by atoms with Crippen molar-refractivity contribution in [2.45, 2.75) is 19.6 Å². The van der Waals surface area contributed by atoms with E-state index in [4.69, 9.17) is 21.6 Å². The van der Waals surface area contributed by atoms with Crippen molar-refractivity contribution in [2.75, 3.05) is 5.32 Å². The monoisotopic (exact) mass is 437 g/mol. The minimum Gasteiger partial charge on any atom is -0.486 e. The van der Waals surface area contributed by atoms with Crippen LogP contribution in [-0.2, 0) is 6.61 Å². The number of nitrogens with one attached hydrogen (secondary N) is 2. The van der Waals surface area contributed by atoms with Crippen LogP contribution in [0.3, 0.4) is 0 Å². The van der Waals surface area contributed by atoms with Crippen LogP contribution in [0.2, 0.25) is 5.02 Å². The number of rotatable bonds is 6. The molecule has 0 unspecified atom stereocenters. The summed E-state index contributed by atoms with van der Waals surface area (Å²) in [5, 5.41) is 13.9. The van der Waals surface area contributed by atoms with Gasteiger partial charge in [0.2, 0.25) is 0 Å². The van der Waals surface area contributed by atoms with Gasteiger partial charge in [0.15, 0.2) is 5.13 Å². The molecule has 9 heteroatoms. The van der Waals surface area contributed by atoms with Gasteiger partial charge in [-0.3, -0.25) is 9.78 Å². The van der Waals surface area contributed by atoms with Crippen molar-refractivity contribution >= 4 is 39.0 Å². The third-order valence-corrected chi connectivity index (χ3v) is 5.58. The van der Waals surface area contributed by atoms with E-state index in [-0.39, 0.29) is 18.2 Å². The second kappa shape index (κ2) is 8.53. The lowest BCUT2D eigenvalue weighted by Crippen LogP contribution is -2.19. The Hall–Kier alpha value is -3.41. The summed E-state index contributed by atoms with van der Waals surface area (Å²) < 4.78 is 5.78. The van der Waals surface area contributed by atoms with Gasteiger partial charge in [-0.2, -0.15) is 5.26 Å². The smallest absolute Gasteiger partial charge is 0.253 e. The van der Waals surface area contributed by atoms with E-state index in [0.29, 0.717) is 31.9 Å². The number of nitrogens with zero attached hydrogens (tertiary/aromatic N) is 3. The van der Waals surface area contributed by atoms with Gasteiger partial charge < -0.3 is 15.0 Å². The van der Waals surface area contributed by atoms with Crippen LogP contribution < -0.4 is 15.6 Å². The zero-order chi connectivity index (χ0) is 21.1. The maximum Gasteiger partial charge on any atom is 0.253 e. The Morgan fingerprint density at radius 1 is 1.33 bits per heavy atom. The second-order valence-electron chi connectivity index (χ2n) is 6.54. The molecule has 0 fully saturated rings. The lowest BCUT2D eigenvalue weighted by Gasteiger charge is -2.14. The van der Waals surface area contributed by atoms with Gasteiger partial charge in [-0.1, -0.05) is 29.0 Å². The molecule has 30 heavy (non-hydrogen) atoms. The number of benzene rings is 1. The number of hydrogen-bond acceptors (Lipinski definition) is 7. The summed E-state index contributed by atoms with van der Waals surface area (Å²) in [5.41, 5.74) is 1.71. The Morgan fingerprint density at radius 3 is 2.93 bits per heavy atom. The first-order chi connectivity index (χ1) is 14.5. The Kier molecular flexibility index (Phi) is 5.65. The van der Waals surface area contributed by atoms with Gasteiger partial charge in [-0.05, 0) is 31.2 Å². The van der Waals surface area contributed by atoms with E-state index in [9.17, 15) is 4.79 Å². The molecule has 0 aliphatic carbocycles. The molecule has 3 heterocycles. The maximum absolute atomic E-state index is 12.7. The molecule has 0 spiro atoms. The maximum atomic E-state index is 12.7. The number of halogens is 1. The number of fused-ring (bicyclic) bond motifs is 1. The zero-order valence-electron chi connectivity index (χ0n) is 15.8. The molecule has 3 aromatic heterocycles. The number of ether oxygens (including phenoxy) is 1. The van der Waals surface area contributed by atoms with Gasteiger partial charge in [0.05, 0.1) is 28.5 Å². The quantitative estimate of drug-likeness (QED) is 0.454. The fourth-order valence-electron chi connectivity index (χ4n) is 2.95. The number of H-pyrrole nitrogens is 1. The lowest BCUT2D eigenvalue weighted by molar-refractivity contribution is 0.302. The second-order valence-corrected chi connectivity index (χ2v) is 7.98. The first-order valence-corrected chi connectivity index (χ1v) is 10.2. The highest BCUT2D eigenvalue weighted by Crippen LogP contribution is 2.31. The number of aromatic amines is 1. The van der Waals surface area contributed by atoms with Gasteiger partial charge in [0, 0.05) is 23.2 Å².